The Morgan fingerprint density at radius 3 is 1.57 bits per heavy atom. The second kappa shape index (κ2) is 9.97. The first-order valence-electron chi connectivity index (χ1n) is 2.05. The minimum absolute atomic E-state index is 0.110. The molecule has 0 aliphatic carbocycles. The molecule has 0 aromatic rings. The molecule has 0 amide bonds. The van der Waals surface area contributed by atoms with Crippen molar-refractivity contribution < 1.29 is 0 Å². The van der Waals surface area contributed by atoms with Crippen molar-refractivity contribution in [2.45, 2.75) is 10.1 Å². The largest absolute Gasteiger partial charge is 0.216 e. The molecular formula is C4H9AlCl2. The van der Waals surface area contributed by atoms with Crippen LogP contribution in [0, 0.1) is 0 Å². The fourth-order valence-corrected chi connectivity index (χ4v) is 0. The lowest BCUT2D eigenvalue weighted by atomic mass is 10.9. The van der Waals surface area contributed by atoms with Crippen LogP contribution in [-0.4, -0.2) is 21.1 Å². The maximum Gasteiger partial charge on any atom is 0.216 e. The summed E-state index contributed by atoms with van der Waals surface area (Å²) in [6, 6.07) is 0. The Hall–Kier alpha value is 0.852. The maximum atomic E-state index is 5.26. The molecule has 0 aromatic carbocycles. The molecular weight excluding hydrogens is 146 g/mol. The van der Waals surface area contributed by atoms with Crippen molar-refractivity contribution in [3.05, 3.63) is 13.2 Å². The fraction of sp³-hybridized carbons (Fsp3) is 0.500. The summed E-state index contributed by atoms with van der Waals surface area (Å²) in [4.78, 5) is -0.110. The van der Waals surface area contributed by atoms with E-state index in [1.165, 1.54) is 0 Å². The average Bonchev–Trinajstić information content (AvgIpc) is 1.73. The highest BCUT2D eigenvalue weighted by Crippen LogP contribution is 2.02. The molecule has 0 heterocycles. The van der Waals surface area contributed by atoms with Crippen LogP contribution in [0.25, 0.3) is 0 Å². The molecule has 0 aliphatic heterocycles. The van der Waals surface area contributed by atoms with Gasteiger partial charge < -0.3 is 0 Å². The average molecular weight is 155 g/mol. The second-order valence-corrected chi connectivity index (χ2v) is 2.89. The molecule has 0 rings (SSSR count). The van der Waals surface area contributed by atoms with Crippen LogP contribution >= 0.6 is 23.2 Å². The van der Waals surface area contributed by atoms with Crippen molar-refractivity contribution in [3.63, 3.8) is 0 Å². The minimum atomic E-state index is -0.110. The molecule has 0 aliphatic rings. The zero-order valence-corrected chi connectivity index (χ0v) is 7.97. The van der Waals surface area contributed by atoms with Crippen molar-refractivity contribution >= 4 is 39.5 Å². The highest BCUT2D eigenvalue weighted by molar-refractivity contribution is 6.46. The zero-order chi connectivity index (χ0) is 6.28. The van der Waals surface area contributed by atoms with E-state index in [0.29, 0.717) is 0 Å². The topological polar surface area (TPSA) is 0 Å². The predicted octanol–water partition coefficient (Wildman–Crippen LogP) is 1.64. The van der Waals surface area contributed by atoms with Gasteiger partial charge in [0.2, 0.25) is 16.3 Å². The van der Waals surface area contributed by atoms with Gasteiger partial charge in [-0.05, 0) is 0 Å². The van der Waals surface area contributed by atoms with Gasteiger partial charge in [-0.25, -0.2) is 0 Å². The first-order valence-corrected chi connectivity index (χ1v) is 4.34. The Morgan fingerprint density at radius 1 is 1.43 bits per heavy atom. The molecule has 7 heavy (non-hydrogen) atoms. The molecule has 0 saturated heterocycles. The molecule has 42 valence electrons. The molecule has 0 fully saturated rings. The Morgan fingerprint density at radius 2 is 1.57 bits per heavy atom. The highest BCUT2D eigenvalue weighted by Gasteiger charge is 1.86. The van der Waals surface area contributed by atoms with Crippen LogP contribution in [0.4, 0.5) is 0 Å². The van der Waals surface area contributed by atoms with Gasteiger partial charge >= 0.3 is 0 Å². The van der Waals surface area contributed by atoms with Crippen molar-refractivity contribution in [2.75, 3.05) is 0 Å². The summed E-state index contributed by atoms with van der Waals surface area (Å²) in [6.07, 6.45) is 0. The highest BCUT2D eigenvalue weighted by atomic mass is 35.5. The summed E-state index contributed by atoms with van der Waals surface area (Å²) >= 11 is 11.6. The third-order valence-electron chi connectivity index (χ3n) is 0.309. The van der Waals surface area contributed by atoms with Crippen molar-refractivity contribution in [1.82, 2.24) is 0 Å². The van der Waals surface area contributed by atoms with E-state index >= 15 is 0 Å². The Balaban J connectivity index is 0. The summed E-state index contributed by atoms with van der Waals surface area (Å²) in [6.45, 7) is 6.00. The first kappa shape index (κ1) is 10.8. The summed E-state index contributed by atoms with van der Waals surface area (Å²) in [5.74, 6) is 0. The number of hydrogen-bond donors (Lipinski definition) is 0. The lowest BCUT2D eigenvalue weighted by Gasteiger charge is -1.84. The standard InChI is InChI=1S/C2H3Cl2.C2H4.Al.2H/c1-2(3)4;1-2;;;/h2H,1H2;1-2H2;;;. The van der Waals surface area contributed by atoms with Crippen LogP contribution in [0.15, 0.2) is 13.2 Å². The van der Waals surface area contributed by atoms with Crippen LogP contribution < -0.4 is 0 Å². The lowest BCUT2D eigenvalue weighted by Crippen LogP contribution is -1.79. The molecule has 0 nitrogen and oxygen atoms in total. The molecule has 3 heteroatoms. The van der Waals surface area contributed by atoms with Crippen molar-refractivity contribution in [3.8, 4) is 0 Å². The molecule has 0 N–H and O–H groups in total. The molecule has 0 atom stereocenters. The predicted molar refractivity (Wildman–Crippen MR) is 40.1 cm³/mol. The van der Waals surface area contributed by atoms with Gasteiger partial charge in [-0.2, -0.15) is 0 Å². The van der Waals surface area contributed by atoms with Crippen LogP contribution in [0.1, 0.15) is 0 Å². The first-order chi connectivity index (χ1) is 3.27. The van der Waals surface area contributed by atoms with Crippen LogP contribution in [0.2, 0.25) is 5.28 Å². The summed E-state index contributed by atoms with van der Waals surface area (Å²) < 4.78 is 0. The lowest BCUT2D eigenvalue weighted by molar-refractivity contribution is 1.37. The van der Waals surface area contributed by atoms with Gasteiger partial charge in [0.15, 0.2) is 0 Å². The van der Waals surface area contributed by atoms with E-state index in [-0.39, 0.29) is 4.84 Å². The molecule has 0 saturated carbocycles. The summed E-state index contributed by atoms with van der Waals surface area (Å²) in [5.41, 5.74) is 0. The van der Waals surface area contributed by atoms with Crippen molar-refractivity contribution in [2.24, 2.45) is 0 Å². The van der Waals surface area contributed by atoms with Gasteiger partial charge in [-0.1, -0.05) is 5.28 Å². The molecule has 0 spiro atoms. The molecule has 0 bridgehead atoms. The molecule has 0 radical (unpaired) electrons. The number of rotatable bonds is 1. The van der Waals surface area contributed by atoms with Crippen LogP contribution in [0.5, 0.6) is 0 Å². The normalized spacial score (nSPS) is 7.29. The Kier molecular flexibility index (Phi) is 15.3. The maximum absolute atomic E-state index is 5.26. The number of hydrogen-bond acceptors (Lipinski definition) is 0. The zero-order valence-electron chi connectivity index (χ0n) is 4.45. The van der Waals surface area contributed by atoms with E-state index in [2.05, 4.69) is 13.2 Å². The van der Waals surface area contributed by atoms with Gasteiger partial charge in [0.25, 0.3) is 0 Å². The minimum Gasteiger partial charge on any atom is -0.107 e. The third-order valence-corrected chi connectivity index (χ3v) is 2.78. The second-order valence-electron chi connectivity index (χ2n) is 0.799. The van der Waals surface area contributed by atoms with E-state index in [4.69, 9.17) is 23.2 Å². The Bertz CT molecular complexity index is 30.9. The SMILES string of the molecule is C=C.[AlH2][CH2]C(Cl)Cl. The van der Waals surface area contributed by atoms with E-state index in [0.717, 1.165) is 21.6 Å². The smallest absolute Gasteiger partial charge is 0.107 e. The van der Waals surface area contributed by atoms with Crippen LogP contribution in [0.3, 0.4) is 0 Å². The van der Waals surface area contributed by atoms with E-state index < -0.39 is 0 Å². The van der Waals surface area contributed by atoms with Gasteiger partial charge in [-0.15, -0.1) is 36.4 Å². The Labute approximate surface area is 62.9 Å². The van der Waals surface area contributed by atoms with Crippen LogP contribution in [-0.2, 0) is 0 Å². The molecule has 0 aromatic heterocycles. The van der Waals surface area contributed by atoms with E-state index in [1.54, 1.807) is 0 Å². The summed E-state index contributed by atoms with van der Waals surface area (Å²) in [5, 5.41) is 0.975. The van der Waals surface area contributed by atoms with Crippen molar-refractivity contribution in [1.29, 1.82) is 0 Å². The van der Waals surface area contributed by atoms with Gasteiger partial charge in [0, 0.05) is 0 Å². The fourth-order valence-electron chi connectivity index (χ4n) is 0. The monoisotopic (exact) mass is 154 g/mol. The third kappa shape index (κ3) is 19.8. The van der Waals surface area contributed by atoms with E-state index in [9.17, 15) is 0 Å². The number of alkyl halides is 2. The quantitative estimate of drug-likeness (QED) is 0.306. The van der Waals surface area contributed by atoms with E-state index in [1.807, 2.05) is 0 Å². The van der Waals surface area contributed by atoms with Gasteiger partial charge in [0.1, 0.15) is 0 Å². The van der Waals surface area contributed by atoms with Gasteiger partial charge in [0.05, 0.1) is 4.84 Å². The summed E-state index contributed by atoms with van der Waals surface area (Å²) in [7, 11) is 0. The van der Waals surface area contributed by atoms with Gasteiger partial charge in [-0.3, -0.25) is 0 Å². The molecule has 0 unspecified atom stereocenters. The number of halogens is 2.